The third kappa shape index (κ3) is 2.40. The molecule has 1 amide bonds. The molecule has 0 heterocycles. The fourth-order valence-corrected chi connectivity index (χ4v) is 2.69. The molecule has 2 aliphatic rings. The molecule has 2 aliphatic carbocycles. The summed E-state index contributed by atoms with van der Waals surface area (Å²) in [6.45, 7) is 3.88. The minimum absolute atomic E-state index is 0.153. The second kappa shape index (κ2) is 4.36. The Balaban J connectivity index is 1.78. The van der Waals surface area contributed by atoms with Crippen molar-refractivity contribution in [1.82, 2.24) is 4.90 Å². The van der Waals surface area contributed by atoms with E-state index in [1.54, 1.807) is 0 Å². The zero-order valence-corrected chi connectivity index (χ0v) is 10.5. The van der Waals surface area contributed by atoms with Gasteiger partial charge in [-0.2, -0.15) is 0 Å². The van der Waals surface area contributed by atoms with Crippen molar-refractivity contribution in [3.05, 3.63) is 0 Å². The predicted molar refractivity (Wildman–Crippen MR) is 64.9 cm³/mol. The van der Waals surface area contributed by atoms with E-state index in [4.69, 9.17) is 5.73 Å². The summed E-state index contributed by atoms with van der Waals surface area (Å²) >= 11 is 0. The van der Waals surface area contributed by atoms with Crippen molar-refractivity contribution < 1.29 is 4.79 Å². The van der Waals surface area contributed by atoms with Gasteiger partial charge in [0, 0.05) is 20.0 Å². The highest BCUT2D eigenvalue weighted by atomic mass is 16.2. The molecule has 16 heavy (non-hydrogen) atoms. The Morgan fingerprint density at radius 1 is 1.50 bits per heavy atom. The molecule has 0 spiro atoms. The standard InChI is InChI=1S/C13H24N2O/c1-10-6-11(10)8-15(2)12(16)7-13(9-14)4-3-5-13/h10-11H,3-9,14H2,1-2H3. The Morgan fingerprint density at radius 3 is 2.50 bits per heavy atom. The van der Waals surface area contributed by atoms with Gasteiger partial charge in [-0.1, -0.05) is 13.3 Å². The number of rotatable bonds is 5. The van der Waals surface area contributed by atoms with Crippen molar-refractivity contribution in [2.45, 2.75) is 39.0 Å². The summed E-state index contributed by atoms with van der Waals surface area (Å²) in [6, 6.07) is 0. The lowest BCUT2D eigenvalue weighted by atomic mass is 9.66. The molecule has 2 N–H and O–H groups in total. The van der Waals surface area contributed by atoms with E-state index >= 15 is 0 Å². The number of amides is 1. The molecule has 2 unspecified atom stereocenters. The molecule has 3 nitrogen and oxygen atoms in total. The van der Waals surface area contributed by atoms with Gasteiger partial charge >= 0.3 is 0 Å². The summed E-state index contributed by atoms with van der Waals surface area (Å²) < 4.78 is 0. The Labute approximate surface area is 98.4 Å². The molecule has 2 atom stereocenters. The summed E-state index contributed by atoms with van der Waals surface area (Å²) in [5, 5.41) is 0. The highest BCUT2D eigenvalue weighted by molar-refractivity contribution is 5.76. The van der Waals surface area contributed by atoms with Crippen LogP contribution >= 0.6 is 0 Å². The van der Waals surface area contributed by atoms with Crippen LogP contribution in [0, 0.1) is 17.3 Å². The molecule has 0 aromatic carbocycles. The van der Waals surface area contributed by atoms with Gasteiger partial charge in [-0.15, -0.1) is 0 Å². The van der Waals surface area contributed by atoms with Crippen molar-refractivity contribution in [3.63, 3.8) is 0 Å². The number of nitrogens with two attached hydrogens (primary N) is 1. The van der Waals surface area contributed by atoms with Gasteiger partial charge in [-0.25, -0.2) is 0 Å². The first-order chi connectivity index (χ1) is 7.56. The zero-order valence-electron chi connectivity index (χ0n) is 10.5. The van der Waals surface area contributed by atoms with Crippen LogP contribution in [0.1, 0.15) is 39.0 Å². The van der Waals surface area contributed by atoms with Gasteiger partial charge in [0.1, 0.15) is 0 Å². The minimum atomic E-state index is 0.153. The first-order valence-corrected chi connectivity index (χ1v) is 6.50. The molecule has 0 aromatic rings. The Bertz CT molecular complexity index is 268. The third-order valence-electron chi connectivity index (χ3n) is 4.58. The van der Waals surface area contributed by atoms with Crippen molar-refractivity contribution in [2.75, 3.05) is 20.1 Å². The van der Waals surface area contributed by atoms with Crippen LogP contribution in [-0.4, -0.2) is 30.9 Å². The average molecular weight is 224 g/mol. The van der Waals surface area contributed by atoms with Gasteiger partial charge in [-0.3, -0.25) is 4.79 Å². The quantitative estimate of drug-likeness (QED) is 0.771. The van der Waals surface area contributed by atoms with Gasteiger partial charge in [0.25, 0.3) is 0 Å². The van der Waals surface area contributed by atoms with Crippen LogP contribution in [0.3, 0.4) is 0 Å². The molecule has 0 saturated heterocycles. The highest BCUT2D eigenvalue weighted by Crippen LogP contribution is 2.43. The first-order valence-electron chi connectivity index (χ1n) is 6.50. The normalized spacial score (nSPS) is 30.7. The molecule has 0 aromatic heterocycles. The van der Waals surface area contributed by atoms with Crippen molar-refractivity contribution in [2.24, 2.45) is 23.0 Å². The molecule has 0 radical (unpaired) electrons. The smallest absolute Gasteiger partial charge is 0.222 e. The fraction of sp³-hybridized carbons (Fsp3) is 0.923. The second-order valence-corrected chi connectivity index (χ2v) is 5.98. The maximum absolute atomic E-state index is 12.1. The average Bonchev–Trinajstić information content (AvgIpc) is 2.87. The molecule has 2 fully saturated rings. The maximum Gasteiger partial charge on any atom is 0.222 e. The van der Waals surface area contributed by atoms with E-state index in [-0.39, 0.29) is 5.41 Å². The number of carbonyl (C=O) groups is 1. The van der Waals surface area contributed by atoms with Gasteiger partial charge in [0.05, 0.1) is 0 Å². The molecule has 3 heteroatoms. The first kappa shape index (κ1) is 11.9. The lowest BCUT2D eigenvalue weighted by molar-refractivity contribution is -0.134. The lowest BCUT2D eigenvalue weighted by Gasteiger charge is -2.41. The van der Waals surface area contributed by atoms with Crippen molar-refractivity contribution in [3.8, 4) is 0 Å². The number of nitrogens with zero attached hydrogens (tertiary/aromatic N) is 1. The van der Waals surface area contributed by atoms with Crippen LogP contribution in [0.4, 0.5) is 0 Å². The van der Waals surface area contributed by atoms with Crippen LogP contribution in [0.15, 0.2) is 0 Å². The summed E-state index contributed by atoms with van der Waals surface area (Å²) in [6.07, 6.45) is 5.49. The predicted octanol–water partition coefficient (Wildman–Crippen LogP) is 1.62. The molecule has 2 rings (SSSR count). The largest absolute Gasteiger partial charge is 0.345 e. The monoisotopic (exact) mass is 224 g/mol. The Hall–Kier alpha value is -0.570. The molecule has 2 saturated carbocycles. The van der Waals surface area contributed by atoms with Crippen LogP contribution in [-0.2, 0) is 4.79 Å². The van der Waals surface area contributed by atoms with E-state index in [1.165, 1.54) is 12.8 Å². The zero-order chi connectivity index (χ0) is 11.8. The van der Waals surface area contributed by atoms with Crippen molar-refractivity contribution in [1.29, 1.82) is 0 Å². The van der Waals surface area contributed by atoms with Crippen LogP contribution in [0.5, 0.6) is 0 Å². The second-order valence-electron chi connectivity index (χ2n) is 5.98. The van der Waals surface area contributed by atoms with Gasteiger partial charge < -0.3 is 10.6 Å². The SMILES string of the molecule is CC1CC1CN(C)C(=O)CC1(CN)CCC1. The van der Waals surface area contributed by atoms with Crippen LogP contribution < -0.4 is 5.73 Å². The van der Waals surface area contributed by atoms with E-state index in [9.17, 15) is 4.79 Å². The van der Waals surface area contributed by atoms with E-state index in [2.05, 4.69) is 6.92 Å². The van der Waals surface area contributed by atoms with Gasteiger partial charge in [0.2, 0.25) is 5.91 Å². The fourth-order valence-electron chi connectivity index (χ4n) is 2.69. The summed E-state index contributed by atoms with van der Waals surface area (Å²) in [5.41, 5.74) is 5.94. The maximum atomic E-state index is 12.1. The van der Waals surface area contributed by atoms with Crippen LogP contribution in [0.25, 0.3) is 0 Å². The Morgan fingerprint density at radius 2 is 2.12 bits per heavy atom. The van der Waals surface area contributed by atoms with Crippen molar-refractivity contribution >= 4 is 5.91 Å². The van der Waals surface area contributed by atoms with E-state index in [0.717, 1.165) is 31.2 Å². The number of hydrogen-bond acceptors (Lipinski definition) is 2. The van der Waals surface area contributed by atoms with E-state index in [0.29, 0.717) is 18.9 Å². The third-order valence-corrected chi connectivity index (χ3v) is 4.58. The Kier molecular flexibility index (Phi) is 3.24. The summed E-state index contributed by atoms with van der Waals surface area (Å²) in [7, 11) is 1.94. The molecular weight excluding hydrogens is 200 g/mol. The minimum Gasteiger partial charge on any atom is -0.345 e. The van der Waals surface area contributed by atoms with Gasteiger partial charge in [0.15, 0.2) is 0 Å². The van der Waals surface area contributed by atoms with Crippen LogP contribution in [0.2, 0.25) is 0 Å². The molecule has 0 aliphatic heterocycles. The summed E-state index contributed by atoms with van der Waals surface area (Å²) in [5.74, 6) is 1.87. The molecular formula is C13H24N2O. The molecule has 92 valence electrons. The highest BCUT2D eigenvalue weighted by Gasteiger charge is 2.39. The number of carbonyl (C=O) groups excluding carboxylic acids is 1. The van der Waals surface area contributed by atoms with E-state index < -0.39 is 0 Å². The molecule has 0 bridgehead atoms. The lowest BCUT2D eigenvalue weighted by Crippen LogP contribution is -2.42. The van der Waals surface area contributed by atoms with E-state index in [1.807, 2.05) is 11.9 Å². The summed E-state index contributed by atoms with van der Waals surface area (Å²) in [4.78, 5) is 14.0. The van der Waals surface area contributed by atoms with Gasteiger partial charge in [-0.05, 0) is 43.1 Å². The topological polar surface area (TPSA) is 46.3 Å². The number of hydrogen-bond donors (Lipinski definition) is 1.